The van der Waals surface area contributed by atoms with Crippen molar-refractivity contribution in [1.29, 1.82) is 0 Å². The van der Waals surface area contributed by atoms with Gasteiger partial charge in [0.2, 0.25) is 5.91 Å². The summed E-state index contributed by atoms with van der Waals surface area (Å²) in [6, 6.07) is 4.92. The number of aromatic nitrogens is 3. The highest BCUT2D eigenvalue weighted by atomic mass is 35.5. The lowest BCUT2D eigenvalue weighted by atomic mass is 9.98. The number of imidazole rings is 1. The van der Waals surface area contributed by atoms with E-state index in [4.69, 9.17) is 11.6 Å². The lowest BCUT2D eigenvalue weighted by Gasteiger charge is -2.29. The second kappa shape index (κ2) is 8.33. The monoisotopic (exact) mass is 523 g/mol. The van der Waals surface area contributed by atoms with Gasteiger partial charge in [-0.05, 0) is 36.4 Å². The molecule has 1 unspecified atom stereocenters. The highest BCUT2D eigenvalue weighted by Crippen LogP contribution is 2.40. The Bertz CT molecular complexity index is 1560. The first-order valence-corrected chi connectivity index (χ1v) is 10.8. The van der Waals surface area contributed by atoms with E-state index in [-0.39, 0.29) is 50.9 Å². The quantitative estimate of drug-likeness (QED) is 0.344. The molecular formula is C23H15ClF5N5O2. The molecule has 3 heterocycles. The molecule has 13 heteroatoms. The number of aromatic amines is 1. The van der Waals surface area contributed by atoms with Crippen LogP contribution in [-0.2, 0) is 17.5 Å². The normalized spacial score (nSPS) is 15.6. The fraction of sp³-hybridized carbons (Fsp3) is 0.174. The lowest BCUT2D eigenvalue weighted by Crippen LogP contribution is -2.40. The van der Waals surface area contributed by atoms with Gasteiger partial charge < -0.3 is 20.2 Å². The Hall–Kier alpha value is -3.93. The van der Waals surface area contributed by atoms with E-state index in [2.05, 4.69) is 20.6 Å². The molecule has 1 aliphatic heterocycles. The molecule has 7 nitrogen and oxygen atoms in total. The zero-order valence-corrected chi connectivity index (χ0v) is 19.0. The second-order valence-electron chi connectivity index (χ2n) is 8.10. The van der Waals surface area contributed by atoms with Crippen molar-refractivity contribution in [2.24, 2.45) is 0 Å². The van der Waals surface area contributed by atoms with Gasteiger partial charge in [-0.15, -0.1) is 0 Å². The molecule has 2 amide bonds. The molecule has 5 rings (SSSR count). The minimum absolute atomic E-state index is 0.0341. The molecule has 0 saturated heterocycles. The van der Waals surface area contributed by atoms with Gasteiger partial charge in [0.15, 0.2) is 0 Å². The van der Waals surface area contributed by atoms with Crippen LogP contribution in [0.25, 0.3) is 22.4 Å². The van der Waals surface area contributed by atoms with E-state index >= 15 is 0 Å². The summed E-state index contributed by atoms with van der Waals surface area (Å²) in [6.45, 7) is -0.283. The molecular weight excluding hydrogens is 509 g/mol. The number of fused-ring (bicyclic) bond motifs is 2. The lowest BCUT2D eigenvalue weighted by molar-refractivity contribution is -0.137. The van der Waals surface area contributed by atoms with Crippen molar-refractivity contribution in [3.63, 3.8) is 0 Å². The third-order valence-electron chi connectivity index (χ3n) is 5.88. The third-order valence-corrected chi connectivity index (χ3v) is 6.22. The van der Waals surface area contributed by atoms with Crippen molar-refractivity contribution in [3.8, 4) is 11.4 Å². The van der Waals surface area contributed by atoms with Gasteiger partial charge in [0.25, 0.3) is 5.91 Å². The van der Waals surface area contributed by atoms with Crippen LogP contribution in [0.4, 0.5) is 22.0 Å². The number of H-pyrrole nitrogens is 1. The van der Waals surface area contributed by atoms with E-state index < -0.39 is 41.2 Å². The number of alkyl halides is 3. The zero-order valence-electron chi connectivity index (χ0n) is 18.2. The number of hydrogen-bond donors (Lipinski definition) is 3. The number of benzene rings is 2. The van der Waals surface area contributed by atoms with E-state index in [1.54, 1.807) is 0 Å². The van der Waals surface area contributed by atoms with Gasteiger partial charge in [-0.2, -0.15) is 13.2 Å². The van der Waals surface area contributed by atoms with Gasteiger partial charge >= 0.3 is 6.18 Å². The molecule has 1 aliphatic rings. The average Bonchev–Trinajstić information content (AvgIpc) is 3.41. The molecule has 0 aliphatic carbocycles. The summed E-state index contributed by atoms with van der Waals surface area (Å²) in [4.78, 5) is 32.0. The van der Waals surface area contributed by atoms with Gasteiger partial charge in [-0.25, -0.2) is 13.8 Å². The van der Waals surface area contributed by atoms with Crippen molar-refractivity contribution >= 4 is 34.4 Å². The van der Waals surface area contributed by atoms with Crippen LogP contribution < -0.4 is 10.6 Å². The highest BCUT2D eigenvalue weighted by molar-refractivity contribution is 6.31. The van der Waals surface area contributed by atoms with Crippen molar-refractivity contribution in [3.05, 3.63) is 75.6 Å². The first-order valence-electron chi connectivity index (χ1n) is 10.4. The Morgan fingerprint density at radius 2 is 1.94 bits per heavy atom. The maximum atomic E-state index is 14.6. The van der Waals surface area contributed by atoms with E-state index in [9.17, 15) is 31.5 Å². The van der Waals surface area contributed by atoms with Crippen LogP contribution in [-0.4, -0.2) is 33.4 Å². The van der Waals surface area contributed by atoms with E-state index in [1.807, 2.05) is 0 Å². The second-order valence-corrected chi connectivity index (χ2v) is 8.50. The van der Waals surface area contributed by atoms with Gasteiger partial charge in [-0.3, -0.25) is 9.59 Å². The molecule has 0 saturated carbocycles. The summed E-state index contributed by atoms with van der Waals surface area (Å²) in [5, 5.41) is 5.28. The van der Waals surface area contributed by atoms with Crippen molar-refractivity contribution < 1.29 is 31.5 Å². The summed E-state index contributed by atoms with van der Waals surface area (Å²) >= 11 is 6.30. The first kappa shape index (κ1) is 23.8. The van der Waals surface area contributed by atoms with Crippen LogP contribution in [0.5, 0.6) is 0 Å². The number of rotatable bonds is 3. The molecule has 4 aromatic rings. The minimum Gasteiger partial charge on any atom is -0.354 e. The number of carbonyl (C=O) groups excluding carboxylic acids is 2. The van der Waals surface area contributed by atoms with Gasteiger partial charge in [0.1, 0.15) is 35.2 Å². The summed E-state index contributed by atoms with van der Waals surface area (Å²) in [7, 11) is 1.38. The number of nitrogens with zero attached hydrogens (tertiary/aromatic N) is 2. The zero-order chi connectivity index (χ0) is 25.9. The smallest absolute Gasteiger partial charge is 0.354 e. The van der Waals surface area contributed by atoms with Crippen LogP contribution in [0.15, 0.2) is 36.4 Å². The Labute approximate surface area is 204 Å². The SMILES string of the molecule is CNC(=O)c1cc(-c2nc3cc(C(F)(F)F)cc(F)c3[nH]2)c2n1CC(=O)NC2c1cc(F)ccc1Cl. The largest absolute Gasteiger partial charge is 0.416 e. The predicted octanol–water partition coefficient (Wildman–Crippen LogP) is 4.56. The average molecular weight is 524 g/mol. The molecule has 3 N–H and O–H groups in total. The number of halogens is 6. The Kier molecular flexibility index (Phi) is 5.51. The van der Waals surface area contributed by atoms with Crippen molar-refractivity contribution in [2.75, 3.05) is 7.05 Å². The Morgan fingerprint density at radius 1 is 1.19 bits per heavy atom. The van der Waals surface area contributed by atoms with Crippen LogP contribution >= 0.6 is 11.6 Å². The maximum absolute atomic E-state index is 14.6. The molecule has 0 bridgehead atoms. The molecule has 1 atom stereocenters. The molecule has 36 heavy (non-hydrogen) atoms. The van der Waals surface area contributed by atoms with E-state index in [0.29, 0.717) is 12.1 Å². The standard InChI is InChI=1S/C23H15ClF5N5O2/c1-30-22(36)16-7-12(21-31-15-5-9(23(27,28)29)4-14(26)19(15)33-21)20-18(32-17(35)8-34(16)20)11-6-10(25)2-3-13(11)24/h2-7,18H,8H2,1H3,(H,30,36)(H,31,33)(H,32,35). The van der Waals surface area contributed by atoms with Crippen molar-refractivity contribution in [1.82, 2.24) is 25.2 Å². The topological polar surface area (TPSA) is 91.8 Å². The Morgan fingerprint density at radius 3 is 2.64 bits per heavy atom. The minimum atomic E-state index is -4.79. The predicted molar refractivity (Wildman–Crippen MR) is 119 cm³/mol. The fourth-order valence-electron chi connectivity index (χ4n) is 4.29. The van der Waals surface area contributed by atoms with Crippen LogP contribution in [0.3, 0.4) is 0 Å². The summed E-state index contributed by atoms with van der Waals surface area (Å²) in [5.41, 5.74) is -1.13. The van der Waals surface area contributed by atoms with Crippen molar-refractivity contribution in [2.45, 2.75) is 18.8 Å². The van der Waals surface area contributed by atoms with Crippen LogP contribution in [0, 0.1) is 11.6 Å². The summed E-state index contributed by atoms with van der Waals surface area (Å²) in [6.07, 6.45) is -4.79. The first-order chi connectivity index (χ1) is 17.0. The van der Waals surface area contributed by atoms with Gasteiger partial charge in [-0.1, -0.05) is 11.6 Å². The fourth-order valence-corrected chi connectivity index (χ4v) is 4.52. The molecule has 0 radical (unpaired) electrons. The van der Waals surface area contributed by atoms with Crippen LogP contribution in [0.2, 0.25) is 5.02 Å². The van der Waals surface area contributed by atoms with Gasteiger partial charge in [0, 0.05) is 23.2 Å². The molecule has 0 fully saturated rings. The number of carbonyl (C=O) groups is 2. The molecule has 2 aromatic carbocycles. The number of nitrogens with one attached hydrogen (secondary N) is 3. The summed E-state index contributed by atoms with van der Waals surface area (Å²) in [5.74, 6) is -2.92. The van der Waals surface area contributed by atoms with Crippen LogP contribution in [0.1, 0.15) is 33.4 Å². The third kappa shape index (κ3) is 3.87. The molecule has 186 valence electrons. The summed E-state index contributed by atoms with van der Waals surface area (Å²) < 4.78 is 69.6. The number of hydrogen-bond acceptors (Lipinski definition) is 3. The Balaban J connectivity index is 1.78. The molecule has 0 spiro atoms. The maximum Gasteiger partial charge on any atom is 0.416 e. The van der Waals surface area contributed by atoms with Gasteiger partial charge in [0.05, 0.1) is 22.8 Å². The molecule has 2 aromatic heterocycles. The van der Waals surface area contributed by atoms with E-state index in [1.165, 1.54) is 23.7 Å². The highest BCUT2D eigenvalue weighted by Gasteiger charge is 2.36. The van der Waals surface area contributed by atoms with E-state index in [0.717, 1.165) is 12.1 Å². The number of amides is 2.